The monoisotopic (exact) mass is 282 g/mol. The minimum Gasteiger partial charge on any atom is -0.504 e. The van der Waals surface area contributed by atoms with Gasteiger partial charge in [-0.1, -0.05) is 35.9 Å². The first-order chi connectivity index (χ1) is 9.99. The van der Waals surface area contributed by atoms with E-state index in [0.717, 1.165) is 21.9 Å². The highest BCUT2D eigenvalue weighted by atomic mass is 16.7. The molecule has 3 aromatic carbocycles. The van der Waals surface area contributed by atoms with Gasteiger partial charge < -0.3 is 14.9 Å². The highest BCUT2D eigenvalue weighted by Crippen LogP contribution is 2.44. The Balaban J connectivity index is 2.56. The van der Waals surface area contributed by atoms with E-state index in [1.54, 1.807) is 0 Å². The van der Waals surface area contributed by atoms with Crippen LogP contribution in [0.3, 0.4) is 0 Å². The van der Waals surface area contributed by atoms with Crippen molar-refractivity contribution in [2.24, 2.45) is 0 Å². The maximum Gasteiger partial charge on any atom is 0.511 e. The van der Waals surface area contributed by atoms with E-state index >= 15 is 0 Å². The van der Waals surface area contributed by atoms with Crippen LogP contribution in [0.25, 0.3) is 21.5 Å². The fourth-order valence-corrected chi connectivity index (χ4v) is 2.72. The number of carbonyl (C=O) groups is 1. The summed E-state index contributed by atoms with van der Waals surface area (Å²) in [4.78, 5) is 10.9. The second-order valence-electron chi connectivity index (χ2n) is 5.09. The van der Waals surface area contributed by atoms with Gasteiger partial charge in [0.05, 0.1) is 0 Å². The smallest absolute Gasteiger partial charge is 0.504 e. The first-order valence-electron chi connectivity index (χ1n) is 6.54. The fourth-order valence-electron chi connectivity index (χ4n) is 2.72. The van der Waals surface area contributed by atoms with E-state index in [0.29, 0.717) is 10.8 Å². The Kier molecular flexibility index (Phi) is 2.94. The van der Waals surface area contributed by atoms with Crippen molar-refractivity contribution >= 4 is 27.7 Å². The van der Waals surface area contributed by atoms with Gasteiger partial charge in [0.2, 0.25) is 0 Å². The number of carboxylic acid groups (broad SMARTS) is 1. The number of phenols is 1. The summed E-state index contributed by atoms with van der Waals surface area (Å²) in [5.74, 6) is -0.147. The van der Waals surface area contributed by atoms with Crippen LogP contribution >= 0.6 is 0 Å². The van der Waals surface area contributed by atoms with Gasteiger partial charge >= 0.3 is 6.16 Å². The standard InChI is InChI=1S/C17H14O4/c1-9-6-7-11-12-5-3-4-10(2)14(12)15(18)16(13(11)8-9)21-17(19)20/h3-8,18H,1-2H3,(H,19,20). The van der Waals surface area contributed by atoms with Crippen LogP contribution in [0.15, 0.2) is 36.4 Å². The number of hydrogen-bond donors (Lipinski definition) is 2. The first-order valence-corrected chi connectivity index (χ1v) is 6.54. The van der Waals surface area contributed by atoms with Gasteiger partial charge in [0.15, 0.2) is 11.5 Å². The van der Waals surface area contributed by atoms with Crippen LogP contribution in [0.4, 0.5) is 4.79 Å². The predicted octanol–water partition coefficient (Wildman–Crippen LogP) is 4.37. The summed E-state index contributed by atoms with van der Waals surface area (Å²) in [5.41, 5.74) is 1.83. The number of fused-ring (bicyclic) bond motifs is 3. The normalized spacial score (nSPS) is 11.0. The molecule has 0 aliphatic carbocycles. The van der Waals surface area contributed by atoms with Crippen molar-refractivity contribution in [3.63, 3.8) is 0 Å². The summed E-state index contributed by atoms with van der Waals surface area (Å²) in [6.45, 7) is 3.77. The molecule has 0 radical (unpaired) electrons. The largest absolute Gasteiger partial charge is 0.511 e. The van der Waals surface area contributed by atoms with Gasteiger partial charge in [0.25, 0.3) is 0 Å². The first kappa shape index (κ1) is 13.2. The van der Waals surface area contributed by atoms with Gasteiger partial charge in [-0.15, -0.1) is 0 Å². The maximum absolute atomic E-state index is 10.9. The molecule has 0 aliphatic rings. The number of hydrogen-bond acceptors (Lipinski definition) is 3. The lowest BCUT2D eigenvalue weighted by atomic mass is 9.96. The number of aromatic hydroxyl groups is 1. The minimum absolute atomic E-state index is 0.0111. The average molecular weight is 282 g/mol. The zero-order valence-corrected chi connectivity index (χ0v) is 11.7. The van der Waals surface area contributed by atoms with E-state index in [1.165, 1.54) is 0 Å². The molecule has 106 valence electrons. The van der Waals surface area contributed by atoms with E-state index in [4.69, 9.17) is 9.84 Å². The number of ether oxygens (including phenoxy) is 1. The predicted molar refractivity (Wildman–Crippen MR) is 81.2 cm³/mol. The lowest BCUT2D eigenvalue weighted by Gasteiger charge is -2.14. The van der Waals surface area contributed by atoms with E-state index < -0.39 is 6.16 Å². The molecule has 0 amide bonds. The molecule has 0 atom stereocenters. The molecule has 0 spiro atoms. The molecule has 0 unspecified atom stereocenters. The topological polar surface area (TPSA) is 66.8 Å². The summed E-state index contributed by atoms with van der Waals surface area (Å²) < 4.78 is 4.84. The molecule has 3 rings (SSSR count). The number of rotatable bonds is 1. The van der Waals surface area contributed by atoms with E-state index in [2.05, 4.69) is 0 Å². The summed E-state index contributed by atoms with van der Waals surface area (Å²) in [7, 11) is 0. The average Bonchev–Trinajstić information content (AvgIpc) is 2.42. The van der Waals surface area contributed by atoms with Gasteiger partial charge in [0, 0.05) is 10.8 Å². The highest BCUT2D eigenvalue weighted by Gasteiger charge is 2.18. The van der Waals surface area contributed by atoms with Crippen molar-refractivity contribution in [3.05, 3.63) is 47.5 Å². The Morgan fingerprint density at radius 2 is 1.81 bits per heavy atom. The van der Waals surface area contributed by atoms with Gasteiger partial charge in [-0.25, -0.2) is 4.79 Å². The second kappa shape index (κ2) is 4.66. The molecule has 2 N–H and O–H groups in total. The third-order valence-corrected chi connectivity index (χ3v) is 3.62. The van der Waals surface area contributed by atoms with E-state index in [9.17, 15) is 9.90 Å². The fraction of sp³-hybridized carbons (Fsp3) is 0.118. The SMILES string of the molecule is Cc1ccc2c(c1)c(OC(=O)O)c(O)c1c(C)cccc12. The van der Waals surface area contributed by atoms with Crippen LogP contribution in [-0.4, -0.2) is 16.4 Å². The molecule has 4 nitrogen and oxygen atoms in total. The van der Waals surface area contributed by atoms with Crippen LogP contribution in [0.5, 0.6) is 11.5 Å². The van der Waals surface area contributed by atoms with Crippen molar-refractivity contribution in [1.29, 1.82) is 0 Å². The zero-order valence-electron chi connectivity index (χ0n) is 11.7. The molecule has 0 saturated carbocycles. The molecular formula is C17H14O4. The number of benzene rings is 3. The Morgan fingerprint density at radius 3 is 2.52 bits per heavy atom. The number of aryl methyl sites for hydroxylation is 2. The van der Waals surface area contributed by atoms with Gasteiger partial charge in [-0.3, -0.25) is 0 Å². The van der Waals surface area contributed by atoms with Gasteiger partial charge in [-0.05, 0) is 36.2 Å². The number of phenolic OH excluding ortho intramolecular Hbond substituents is 1. The Morgan fingerprint density at radius 1 is 1.05 bits per heavy atom. The Labute approximate surface area is 121 Å². The molecule has 21 heavy (non-hydrogen) atoms. The maximum atomic E-state index is 10.9. The van der Waals surface area contributed by atoms with Crippen LogP contribution in [0.2, 0.25) is 0 Å². The molecule has 4 heteroatoms. The minimum atomic E-state index is -1.44. The van der Waals surface area contributed by atoms with Crippen molar-refractivity contribution in [1.82, 2.24) is 0 Å². The molecule has 3 aromatic rings. The molecule has 0 heterocycles. The lowest BCUT2D eigenvalue weighted by molar-refractivity contribution is 0.143. The summed E-state index contributed by atoms with van der Waals surface area (Å²) in [6.07, 6.45) is -1.44. The van der Waals surface area contributed by atoms with Crippen LogP contribution in [0.1, 0.15) is 11.1 Å². The molecule has 0 aliphatic heterocycles. The lowest BCUT2D eigenvalue weighted by Crippen LogP contribution is -2.04. The second-order valence-corrected chi connectivity index (χ2v) is 5.09. The zero-order chi connectivity index (χ0) is 15.1. The van der Waals surface area contributed by atoms with E-state index in [-0.39, 0.29) is 11.5 Å². The van der Waals surface area contributed by atoms with Crippen LogP contribution < -0.4 is 4.74 Å². The van der Waals surface area contributed by atoms with Crippen LogP contribution in [0, 0.1) is 13.8 Å². The van der Waals surface area contributed by atoms with Gasteiger partial charge in [0.1, 0.15) is 0 Å². The molecule has 0 fully saturated rings. The van der Waals surface area contributed by atoms with E-state index in [1.807, 2.05) is 50.2 Å². The Bertz CT molecular complexity index is 881. The third-order valence-electron chi connectivity index (χ3n) is 3.62. The van der Waals surface area contributed by atoms with Crippen molar-refractivity contribution in [2.75, 3.05) is 0 Å². The van der Waals surface area contributed by atoms with Crippen molar-refractivity contribution < 1.29 is 19.7 Å². The third kappa shape index (κ3) is 2.05. The van der Waals surface area contributed by atoms with Gasteiger partial charge in [-0.2, -0.15) is 0 Å². The highest BCUT2D eigenvalue weighted by molar-refractivity contribution is 6.15. The van der Waals surface area contributed by atoms with Crippen molar-refractivity contribution in [3.8, 4) is 11.5 Å². The summed E-state index contributed by atoms with van der Waals surface area (Å²) >= 11 is 0. The molecule has 0 saturated heterocycles. The molecule has 0 aromatic heterocycles. The summed E-state index contributed by atoms with van der Waals surface area (Å²) in [5, 5.41) is 22.3. The Hall–Kier alpha value is -2.75. The summed E-state index contributed by atoms with van der Waals surface area (Å²) in [6, 6.07) is 11.4. The van der Waals surface area contributed by atoms with Crippen molar-refractivity contribution in [2.45, 2.75) is 13.8 Å². The molecular weight excluding hydrogens is 268 g/mol. The van der Waals surface area contributed by atoms with Crippen LogP contribution in [-0.2, 0) is 0 Å². The quantitative estimate of drug-likeness (QED) is 0.395. The molecule has 0 bridgehead atoms.